The summed E-state index contributed by atoms with van der Waals surface area (Å²) in [7, 11) is 0. The highest BCUT2D eigenvalue weighted by molar-refractivity contribution is 5.66. The van der Waals surface area contributed by atoms with Gasteiger partial charge in [-0.15, -0.1) is 0 Å². The van der Waals surface area contributed by atoms with Crippen LogP contribution in [0, 0.1) is 0 Å². The van der Waals surface area contributed by atoms with Gasteiger partial charge in [-0.3, -0.25) is 9.69 Å². The molecule has 0 amide bonds. The van der Waals surface area contributed by atoms with Crippen molar-refractivity contribution in [2.45, 2.75) is 25.3 Å². The van der Waals surface area contributed by atoms with E-state index in [-0.39, 0.29) is 6.42 Å². The molecule has 1 aromatic rings. The minimum atomic E-state index is -0.732. The van der Waals surface area contributed by atoms with Crippen LogP contribution in [0.5, 0.6) is 5.75 Å². The highest BCUT2D eigenvalue weighted by Crippen LogP contribution is 2.26. The molecular formula is C14H19NO3. The number of para-hydroxylation sites is 1. The molecule has 0 spiro atoms. The lowest BCUT2D eigenvalue weighted by molar-refractivity contribution is -0.137. The number of nitrogens with zero attached hydrogens (tertiary/aromatic N) is 1. The van der Waals surface area contributed by atoms with Gasteiger partial charge in [-0.25, -0.2) is 0 Å². The van der Waals surface area contributed by atoms with Crippen LogP contribution in [0.3, 0.4) is 0 Å². The van der Waals surface area contributed by atoms with Crippen LogP contribution in [0.1, 0.15) is 19.3 Å². The smallest absolute Gasteiger partial charge is 0.304 e. The zero-order valence-corrected chi connectivity index (χ0v) is 10.4. The van der Waals surface area contributed by atoms with Crippen LogP contribution < -0.4 is 4.74 Å². The molecule has 1 aromatic carbocycles. The molecule has 1 saturated carbocycles. The third-order valence-corrected chi connectivity index (χ3v) is 3.07. The van der Waals surface area contributed by atoms with E-state index >= 15 is 0 Å². The fourth-order valence-corrected chi connectivity index (χ4v) is 1.95. The van der Waals surface area contributed by atoms with Gasteiger partial charge < -0.3 is 9.84 Å². The summed E-state index contributed by atoms with van der Waals surface area (Å²) in [5, 5.41) is 8.71. The second kappa shape index (κ2) is 6.40. The number of rotatable bonds is 8. The quantitative estimate of drug-likeness (QED) is 0.765. The standard InChI is InChI=1S/C14H19NO3/c16-14(17)8-9-15(12-6-7-12)10-11-18-13-4-2-1-3-5-13/h1-5,12H,6-11H2,(H,16,17). The van der Waals surface area contributed by atoms with Crippen molar-refractivity contribution >= 4 is 5.97 Å². The molecule has 0 unspecified atom stereocenters. The van der Waals surface area contributed by atoms with Crippen LogP contribution >= 0.6 is 0 Å². The highest BCUT2D eigenvalue weighted by Gasteiger charge is 2.28. The molecule has 0 saturated heterocycles. The summed E-state index contributed by atoms with van der Waals surface area (Å²) in [6, 6.07) is 10.3. The number of benzene rings is 1. The fraction of sp³-hybridized carbons (Fsp3) is 0.500. The number of carboxylic acid groups (broad SMARTS) is 1. The Hall–Kier alpha value is -1.55. The molecular weight excluding hydrogens is 230 g/mol. The lowest BCUT2D eigenvalue weighted by Gasteiger charge is -2.21. The molecule has 1 aliphatic carbocycles. The predicted molar refractivity (Wildman–Crippen MR) is 68.8 cm³/mol. The third kappa shape index (κ3) is 4.37. The first kappa shape index (κ1) is 12.9. The topological polar surface area (TPSA) is 49.8 Å². The number of carbonyl (C=O) groups is 1. The van der Waals surface area contributed by atoms with Crippen molar-refractivity contribution in [3.8, 4) is 5.75 Å². The van der Waals surface area contributed by atoms with E-state index in [1.807, 2.05) is 30.3 Å². The van der Waals surface area contributed by atoms with Gasteiger partial charge in [0.05, 0.1) is 6.42 Å². The average molecular weight is 249 g/mol. The summed E-state index contributed by atoms with van der Waals surface area (Å²) >= 11 is 0. The maximum Gasteiger partial charge on any atom is 0.304 e. The minimum absolute atomic E-state index is 0.210. The first-order chi connectivity index (χ1) is 8.75. The fourth-order valence-electron chi connectivity index (χ4n) is 1.95. The van der Waals surface area contributed by atoms with E-state index in [0.29, 0.717) is 19.2 Å². The molecule has 0 aliphatic heterocycles. The van der Waals surface area contributed by atoms with E-state index in [2.05, 4.69) is 4.90 Å². The van der Waals surface area contributed by atoms with Crippen LogP contribution in [0.25, 0.3) is 0 Å². The number of hydrogen-bond donors (Lipinski definition) is 1. The summed E-state index contributed by atoms with van der Waals surface area (Å²) in [6.45, 7) is 2.03. The summed E-state index contributed by atoms with van der Waals surface area (Å²) in [5.74, 6) is 0.135. The molecule has 0 aromatic heterocycles. The van der Waals surface area contributed by atoms with Crippen molar-refractivity contribution in [3.05, 3.63) is 30.3 Å². The molecule has 4 heteroatoms. The SMILES string of the molecule is O=C(O)CCN(CCOc1ccccc1)C1CC1. The lowest BCUT2D eigenvalue weighted by Crippen LogP contribution is -2.32. The van der Waals surface area contributed by atoms with Crippen molar-refractivity contribution in [1.29, 1.82) is 0 Å². The van der Waals surface area contributed by atoms with Gasteiger partial charge >= 0.3 is 5.97 Å². The molecule has 0 heterocycles. The second-order valence-electron chi connectivity index (χ2n) is 4.57. The normalized spacial score (nSPS) is 14.7. The van der Waals surface area contributed by atoms with Crippen molar-refractivity contribution < 1.29 is 14.6 Å². The van der Waals surface area contributed by atoms with E-state index in [0.717, 1.165) is 12.3 Å². The maximum absolute atomic E-state index is 10.6. The zero-order valence-electron chi connectivity index (χ0n) is 10.4. The number of hydrogen-bond acceptors (Lipinski definition) is 3. The van der Waals surface area contributed by atoms with E-state index in [9.17, 15) is 4.79 Å². The first-order valence-corrected chi connectivity index (χ1v) is 6.39. The Balaban J connectivity index is 1.71. The van der Waals surface area contributed by atoms with Gasteiger partial charge in [0, 0.05) is 19.1 Å². The summed E-state index contributed by atoms with van der Waals surface area (Å²) in [6.07, 6.45) is 2.58. The van der Waals surface area contributed by atoms with Crippen LogP contribution in [-0.4, -0.2) is 41.7 Å². The molecule has 1 aliphatic rings. The van der Waals surface area contributed by atoms with Crippen LogP contribution in [0.2, 0.25) is 0 Å². The van der Waals surface area contributed by atoms with Crippen LogP contribution in [0.15, 0.2) is 30.3 Å². The third-order valence-electron chi connectivity index (χ3n) is 3.07. The Morgan fingerprint density at radius 3 is 2.61 bits per heavy atom. The molecule has 0 radical (unpaired) electrons. The highest BCUT2D eigenvalue weighted by atomic mass is 16.5. The minimum Gasteiger partial charge on any atom is -0.492 e. The number of carboxylic acids is 1. The molecule has 4 nitrogen and oxygen atoms in total. The van der Waals surface area contributed by atoms with Crippen molar-refractivity contribution in [2.24, 2.45) is 0 Å². The monoisotopic (exact) mass is 249 g/mol. The average Bonchev–Trinajstić information content (AvgIpc) is 3.19. The Morgan fingerprint density at radius 1 is 1.28 bits per heavy atom. The van der Waals surface area contributed by atoms with E-state index < -0.39 is 5.97 Å². The summed E-state index contributed by atoms with van der Waals surface area (Å²) in [4.78, 5) is 12.8. The van der Waals surface area contributed by atoms with Gasteiger partial charge in [0.25, 0.3) is 0 Å². The largest absolute Gasteiger partial charge is 0.492 e. The number of ether oxygens (including phenoxy) is 1. The van der Waals surface area contributed by atoms with Gasteiger partial charge in [-0.1, -0.05) is 18.2 Å². The van der Waals surface area contributed by atoms with Gasteiger partial charge in [-0.2, -0.15) is 0 Å². The van der Waals surface area contributed by atoms with Gasteiger partial charge in [0.1, 0.15) is 12.4 Å². The lowest BCUT2D eigenvalue weighted by atomic mass is 10.3. The Labute approximate surface area is 107 Å². The van der Waals surface area contributed by atoms with Crippen LogP contribution in [0.4, 0.5) is 0 Å². The van der Waals surface area contributed by atoms with Gasteiger partial charge in [-0.05, 0) is 25.0 Å². The van der Waals surface area contributed by atoms with Gasteiger partial charge in [0.2, 0.25) is 0 Å². The van der Waals surface area contributed by atoms with Gasteiger partial charge in [0.15, 0.2) is 0 Å². The maximum atomic E-state index is 10.6. The van der Waals surface area contributed by atoms with E-state index in [1.54, 1.807) is 0 Å². The Kier molecular flexibility index (Phi) is 4.59. The molecule has 1 N–H and O–H groups in total. The van der Waals surface area contributed by atoms with Crippen molar-refractivity contribution in [3.63, 3.8) is 0 Å². The first-order valence-electron chi connectivity index (χ1n) is 6.39. The zero-order chi connectivity index (χ0) is 12.8. The molecule has 0 atom stereocenters. The molecule has 1 fully saturated rings. The molecule has 98 valence electrons. The number of aliphatic carboxylic acids is 1. The molecule has 18 heavy (non-hydrogen) atoms. The van der Waals surface area contributed by atoms with Crippen LogP contribution in [-0.2, 0) is 4.79 Å². The van der Waals surface area contributed by atoms with E-state index in [1.165, 1.54) is 12.8 Å². The Morgan fingerprint density at radius 2 is 2.00 bits per heavy atom. The summed E-state index contributed by atoms with van der Waals surface area (Å²) < 4.78 is 5.63. The van der Waals surface area contributed by atoms with Crippen molar-refractivity contribution in [1.82, 2.24) is 4.90 Å². The summed E-state index contributed by atoms with van der Waals surface area (Å²) in [5.41, 5.74) is 0. The molecule has 2 rings (SSSR count). The van der Waals surface area contributed by atoms with Crippen molar-refractivity contribution in [2.75, 3.05) is 19.7 Å². The second-order valence-corrected chi connectivity index (χ2v) is 4.57. The predicted octanol–water partition coefficient (Wildman–Crippen LogP) is 2.00. The molecule has 0 bridgehead atoms. The Bertz CT molecular complexity index is 376. The van der Waals surface area contributed by atoms with E-state index in [4.69, 9.17) is 9.84 Å².